The average Bonchev–Trinajstić information content (AvgIpc) is 2.32. The fourth-order valence-electron chi connectivity index (χ4n) is 1.99. The molecule has 0 aliphatic heterocycles. The molecule has 3 rings (SSSR count). The Hall–Kier alpha value is -1.89. The Morgan fingerprint density at radius 2 is 1.75 bits per heavy atom. The van der Waals surface area contributed by atoms with E-state index in [0.29, 0.717) is 0 Å². The molecule has 0 spiro atoms. The molecule has 0 N–H and O–H groups in total. The minimum Gasteiger partial charge on any atom is -0.248 e. The Bertz CT molecular complexity index is 683. The van der Waals surface area contributed by atoms with Gasteiger partial charge in [-0.3, -0.25) is 0 Å². The van der Waals surface area contributed by atoms with Crippen molar-refractivity contribution in [2.45, 2.75) is 13.8 Å². The molecule has 1 aromatic heterocycles. The summed E-state index contributed by atoms with van der Waals surface area (Å²) in [5, 5.41) is 2.22. The van der Waals surface area contributed by atoms with E-state index in [1.165, 1.54) is 11.1 Å². The molecule has 0 saturated carbocycles. The Morgan fingerprint density at radius 3 is 2.62 bits per heavy atom. The van der Waals surface area contributed by atoms with E-state index in [2.05, 4.69) is 43.1 Å². The Morgan fingerprint density at radius 1 is 0.938 bits per heavy atom. The van der Waals surface area contributed by atoms with Gasteiger partial charge in [-0.2, -0.15) is 0 Å². The molecule has 1 heteroatoms. The van der Waals surface area contributed by atoms with Crippen LogP contribution in [0.25, 0.3) is 21.8 Å². The van der Waals surface area contributed by atoms with Crippen LogP contribution in [0.4, 0.5) is 0 Å². The lowest BCUT2D eigenvalue weighted by Crippen LogP contribution is -1.88. The molecule has 0 saturated heterocycles. The summed E-state index contributed by atoms with van der Waals surface area (Å²) in [6.45, 7) is 4.25. The number of hydrogen-bond acceptors (Lipinski definition) is 1. The molecule has 77 valence electrons. The SMILES string of the molecule is Cc1ccc2nc3ccccc3[c]c2c1C. The summed E-state index contributed by atoms with van der Waals surface area (Å²) in [6, 6.07) is 15.8. The summed E-state index contributed by atoms with van der Waals surface area (Å²) < 4.78 is 0. The second-order valence-corrected chi connectivity index (χ2v) is 4.16. The van der Waals surface area contributed by atoms with Crippen molar-refractivity contribution in [2.75, 3.05) is 0 Å². The summed E-state index contributed by atoms with van der Waals surface area (Å²) in [6.07, 6.45) is 0. The van der Waals surface area contributed by atoms with Crippen molar-refractivity contribution in [3.63, 3.8) is 0 Å². The maximum absolute atomic E-state index is 4.65. The smallest absolute Gasteiger partial charge is 0.0718 e. The Labute approximate surface area is 94.7 Å². The number of benzene rings is 2. The van der Waals surface area contributed by atoms with E-state index in [-0.39, 0.29) is 0 Å². The van der Waals surface area contributed by atoms with E-state index in [0.717, 1.165) is 21.8 Å². The van der Waals surface area contributed by atoms with E-state index in [9.17, 15) is 0 Å². The first kappa shape index (κ1) is 9.34. The molecule has 1 heterocycles. The summed E-state index contributed by atoms with van der Waals surface area (Å²) in [5.74, 6) is 0. The van der Waals surface area contributed by atoms with Gasteiger partial charge < -0.3 is 0 Å². The van der Waals surface area contributed by atoms with Crippen molar-refractivity contribution in [2.24, 2.45) is 0 Å². The topological polar surface area (TPSA) is 12.9 Å². The highest BCUT2D eigenvalue weighted by Crippen LogP contribution is 2.23. The maximum atomic E-state index is 4.65. The third-order valence-corrected chi connectivity index (χ3v) is 3.12. The first-order valence-electron chi connectivity index (χ1n) is 5.44. The van der Waals surface area contributed by atoms with E-state index in [4.69, 9.17) is 0 Å². The highest BCUT2D eigenvalue weighted by atomic mass is 14.7. The standard InChI is InChI=1S/C15H12N/c1-10-7-8-15-13(11(10)2)9-12-5-3-4-6-14(12)16-15/h3-8H,1-2H3. The predicted octanol–water partition coefficient (Wildman–Crippen LogP) is 3.81. The van der Waals surface area contributed by atoms with Crippen LogP contribution in [-0.4, -0.2) is 4.98 Å². The van der Waals surface area contributed by atoms with Crippen molar-refractivity contribution < 1.29 is 0 Å². The summed E-state index contributed by atoms with van der Waals surface area (Å²) in [7, 11) is 0. The molecule has 0 atom stereocenters. The average molecular weight is 206 g/mol. The van der Waals surface area contributed by atoms with Crippen LogP contribution >= 0.6 is 0 Å². The second-order valence-electron chi connectivity index (χ2n) is 4.16. The van der Waals surface area contributed by atoms with Crippen LogP contribution in [0.3, 0.4) is 0 Å². The largest absolute Gasteiger partial charge is 0.248 e. The van der Waals surface area contributed by atoms with Crippen LogP contribution in [0.2, 0.25) is 0 Å². The monoisotopic (exact) mass is 206 g/mol. The van der Waals surface area contributed by atoms with Crippen molar-refractivity contribution in [3.8, 4) is 0 Å². The Balaban J connectivity index is 2.51. The van der Waals surface area contributed by atoms with Gasteiger partial charge in [0, 0.05) is 16.8 Å². The third-order valence-electron chi connectivity index (χ3n) is 3.12. The first-order valence-corrected chi connectivity index (χ1v) is 5.44. The minimum atomic E-state index is 1.01. The first-order chi connectivity index (χ1) is 7.75. The van der Waals surface area contributed by atoms with Crippen LogP contribution < -0.4 is 0 Å². The van der Waals surface area contributed by atoms with Crippen LogP contribution in [-0.2, 0) is 0 Å². The van der Waals surface area contributed by atoms with Gasteiger partial charge in [0.2, 0.25) is 0 Å². The van der Waals surface area contributed by atoms with E-state index >= 15 is 0 Å². The molecule has 1 nitrogen and oxygen atoms in total. The van der Waals surface area contributed by atoms with Crippen molar-refractivity contribution >= 4 is 21.8 Å². The third kappa shape index (κ3) is 1.28. The van der Waals surface area contributed by atoms with Crippen LogP contribution in [0.15, 0.2) is 36.4 Å². The number of para-hydroxylation sites is 1. The van der Waals surface area contributed by atoms with Gasteiger partial charge in [-0.05, 0) is 37.1 Å². The normalized spacial score (nSPS) is 11.1. The zero-order valence-electron chi connectivity index (χ0n) is 9.41. The van der Waals surface area contributed by atoms with E-state index in [1.54, 1.807) is 0 Å². The highest BCUT2D eigenvalue weighted by molar-refractivity contribution is 5.93. The fraction of sp³-hybridized carbons (Fsp3) is 0.133. The summed E-state index contributed by atoms with van der Waals surface area (Å²) >= 11 is 0. The molecule has 0 aliphatic carbocycles. The van der Waals surface area contributed by atoms with Gasteiger partial charge in [-0.15, -0.1) is 0 Å². The molecule has 0 aliphatic rings. The number of aromatic nitrogens is 1. The molecular formula is C15H12N. The predicted molar refractivity (Wildman–Crippen MR) is 67.6 cm³/mol. The fourth-order valence-corrected chi connectivity index (χ4v) is 1.99. The zero-order chi connectivity index (χ0) is 11.1. The van der Waals surface area contributed by atoms with Gasteiger partial charge in [-0.25, -0.2) is 4.98 Å². The van der Waals surface area contributed by atoms with E-state index in [1.807, 2.05) is 18.2 Å². The number of fused-ring (bicyclic) bond motifs is 2. The van der Waals surface area contributed by atoms with Crippen molar-refractivity contribution in [1.82, 2.24) is 4.98 Å². The minimum absolute atomic E-state index is 1.01. The molecular weight excluding hydrogens is 194 g/mol. The maximum Gasteiger partial charge on any atom is 0.0718 e. The van der Waals surface area contributed by atoms with Crippen molar-refractivity contribution in [1.29, 1.82) is 0 Å². The molecule has 1 radical (unpaired) electrons. The molecule has 0 amide bonds. The molecule has 0 fully saturated rings. The highest BCUT2D eigenvalue weighted by Gasteiger charge is 2.03. The lowest BCUT2D eigenvalue weighted by Gasteiger charge is -2.06. The quantitative estimate of drug-likeness (QED) is 0.510. The van der Waals surface area contributed by atoms with Crippen LogP contribution in [0, 0.1) is 19.9 Å². The zero-order valence-corrected chi connectivity index (χ0v) is 9.41. The Kier molecular flexibility index (Phi) is 1.93. The lowest BCUT2D eigenvalue weighted by atomic mass is 10.0. The molecule has 3 aromatic rings. The van der Waals surface area contributed by atoms with Gasteiger partial charge in [0.1, 0.15) is 0 Å². The number of rotatable bonds is 0. The van der Waals surface area contributed by atoms with Crippen LogP contribution in [0.5, 0.6) is 0 Å². The summed E-state index contributed by atoms with van der Waals surface area (Å²) in [5.41, 5.74) is 4.61. The summed E-state index contributed by atoms with van der Waals surface area (Å²) in [4.78, 5) is 4.65. The number of aryl methyl sites for hydroxylation is 2. The molecule has 0 unspecified atom stereocenters. The second kappa shape index (κ2) is 3.31. The molecule has 16 heavy (non-hydrogen) atoms. The molecule has 2 aromatic carbocycles. The van der Waals surface area contributed by atoms with Gasteiger partial charge >= 0.3 is 0 Å². The van der Waals surface area contributed by atoms with Crippen LogP contribution in [0.1, 0.15) is 11.1 Å². The van der Waals surface area contributed by atoms with E-state index < -0.39 is 0 Å². The van der Waals surface area contributed by atoms with Gasteiger partial charge in [0.25, 0.3) is 0 Å². The van der Waals surface area contributed by atoms with Crippen molar-refractivity contribution in [3.05, 3.63) is 53.6 Å². The number of nitrogens with zero attached hydrogens (tertiary/aromatic N) is 1. The van der Waals surface area contributed by atoms with Gasteiger partial charge in [0.15, 0.2) is 0 Å². The molecule has 0 bridgehead atoms. The lowest BCUT2D eigenvalue weighted by molar-refractivity contribution is 1.36. The number of hydrogen-bond donors (Lipinski definition) is 0. The van der Waals surface area contributed by atoms with Gasteiger partial charge in [0.05, 0.1) is 11.0 Å². The number of pyridine rings is 1. The van der Waals surface area contributed by atoms with Gasteiger partial charge in [-0.1, -0.05) is 24.3 Å².